The molecule has 2 aromatic carbocycles. The zero-order valence-electron chi connectivity index (χ0n) is 17.6. The Balaban J connectivity index is 1.94. The molecule has 1 atom stereocenters. The number of aromatic nitrogens is 2. The van der Waals surface area contributed by atoms with Crippen molar-refractivity contribution in [3.8, 4) is 0 Å². The first kappa shape index (κ1) is 23.7. The van der Waals surface area contributed by atoms with Gasteiger partial charge >= 0.3 is 12.5 Å². The van der Waals surface area contributed by atoms with Crippen LogP contribution in [-0.2, 0) is 14.8 Å². The van der Waals surface area contributed by atoms with E-state index in [2.05, 4.69) is 4.98 Å². The molecule has 1 heterocycles. The number of fused-ring (bicyclic) bond motifs is 1. The standard InChI is InChI=1S/C21H22F3N3O4S/c1-4-26(5-2)32(29,30)14-10-11-16(22)15(12-14)20(28)31-13(3)19-25-17-8-6-7-9-18(17)27(19)21(23)24/h6-13,21H,4-5H2,1-3H3. The first-order valence-corrected chi connectivity index (χ1v) is 11.3. The molecule has 0 spiro atoms. The summed E-state index contributed by atoms with van der Waals surface area (Å²) in [4.78, 5) is 16.5. The summed E-state index contributed by atoms with van der Waals surface area (Å²) >= 11 is 0. The maximum absolute atomic E-state index is 14.4. The van der Waals surface area contributed by atoms with Crippen LogP contribution in [0, 0.1) is 5.82 Å². The van der Waals surface area contributed by atoms with Crippen molar-refractivity contribution in [3.05, 3.63) is 59.7 Å². The van der Waals surface area contributed by atoms with Crippen LogP contribution in [0.3, 0.4) is 0 Å². The normalized spacial score (nSPS) is 13.1. The highest BCUT2D eigenvalue weighted by Crippen LogP contribution is 2.29. The van der Waals surface area contributed by atoms with E-state index in [-0.39, 0.29) is 34.8 Å². The number of nitrogens with zero attached hydrogens (tertiary/aromatic N) is 3. The molecule has 0 aliphatic carbocycles. The van der Waals surface area contributed by atoms with Gasteiger partial charge in [-0.3, -0.25) is 4.57 Å². The van der Waals surface area contributed by atoms with E-state index in [1.54, 1.807) is 26.0 Å². The monoisotopic (exact) mass is 469 g/mol. The molecule has 32 heavy (non-hydrogen) atoms. The van der Waals surface area contributed by atoms with Crippen LogP contribution in [0.1, 0.15) is 49.6 Å². The van der Waals surface area contributed by atoms with Crippen LogP contribution in [0.5, 0.6) is 0 Å². The maximum atomic E-state index is 14.4. The third-order valence-corrected chi connectivity index (χ3v) is 7.01. The number of sulfonamides is 1. The van der Waals surface area contributed by atoms with Crippen LogP contribution in [0.4, 0.5) is 13.2 Å². The van der Waals surface area contributed by atoms with E-state index in [4.69, 9.17) is 4.74 Å². The molecule has 0 saturated carbocycles. The largest absolute Gasteiger partial charge is 0.451 e. The summed E-state index contributed by atoms with van der Waals surface area (Å²) < 4.78 is 74.0. The molecule has 1 unspecified atom stereocenters. The van der Waals surface area contributed by atoms with Crippen molar-refractivity contribution in [2.75, 3.05) is 13.1 Å². The van der Waals surface area contributed by atoms with Crippen LogP contribution in [0.15, 0.2) is 47.4 Å². The predicted octanol–water partition coefficient (Wildman–Crippen LogP) is 4.52. The topological polar surface area (TPSA) is 81.5 Å². The minimum absolute atomic E-state index is 0.152. The molecular weight excluding hydrogens is 447 g/mol. The highest BCUT2D eigenvalue weighted by Gasteiger charge is 2.28. The van der Waals surface area contributed by atoms with Crippen LogP contribution >= 0.6 is 0 Å². The van der Waals surface area contributed by atoms with E-state index in [1.165, 1.54) is 19.1 Å². The minimum Gasteiger partial charge on any atom is -0.451 e. The van der Waals surface area contributed by atoms with E-state index in [9.17, 15) is 26.4 Å². The number of imidazole rings is 1. The number of alkyl halides is 2. The lowest BCUT2D eigenvalue weighted by molar-refractivity contribution is 0.0228. The second-order valence-corrected chi connectivity index (χ2v) is 8.82. The molecule has 3 rings (SSSR count). The van der Waals surface area contributed by atoms with E-state index >= 15 is 0 Å². The summed E-state index contributed by atoms with van der Waals surface area (Å²) in [6, 6.07) is 8.98. The Morgan fingerprint density at radius 2 is 1.81 bits per heavy atom. The molecule has 1 aromatic heterocycles. The first-order valence-electron chi connectivity index (χ1n) is 9.87. The third-order valence-electron chi connectivity index (χ3n) is 4.97. The van der Waals surface area contributed by atoms with Crippen molar-refractivity contribution in [2.24, 2.45) is 0 Å². The summed E-state index contributed by atoms with van der Waals surface area (Å²) in [5, 5.41) is 0. The van der Waals surface area contributed by atoms with Crippen molar-refractivity contribution in [2.45, 2.75) is 38.3 Å². The molecule has 0 amide bonds. The van der Waals surface area contributed by atoms with E-state index in [0.29, 0.717) is 4.57 Å². The number of benzene rings is 2. The molecule has 0 fully saturated rings. The lowest BCUT2D eigenvalue weighted by Gasteiger charge is -2.19. The number of para-hydroxylation sites is 2. The average molecular weight is 469 g/mol. The van der Waals surface area contributed by atoms with Gasteiger partial charge < -0.3 is 4.74 Å². The van der Waals surface area contributed by atoms with Gasteiger partial charge in [-0.15, -0.1) is 0 Å². The quantitative estimate of drug-likeness (QED) is 0.453. The van der Waals surface area contributed by atoms with Crippen LogP contribution in [-0.4, -0.2) is 41.3 Å². The van der Waals surface area contributed by atoms with Gasteiger partial charge in [-0.1, -0.05) is 26.0 Å². The number of esters is 1. The predicted molar refractivity (Wildman–Crippen MR) is 111 cm³/mol. The summed E-state index contributed by atoms with van der Waals surface area (Å²) in [5.74, 6) is -2.41. The Morgan fingerprint density at radius 3 is 2.44 bits per heavy atom. The summed E-state index contributed by atoms with van der Waals surface area (Å²) in [7, 11) is -3.95. The molecule has 172 valence electrons. The number of carbonyl (C=O) groups is 1. The number of halogens is 3. The fourth-order valence-electron chi connectivity index (χ4n) is 3.37. The smallest absolute Gasteiger partial charge is 0.341 e. The van der Waals surface area contributed by atoms with Gasteiger partial charge in [0.1, 0.15) is 5.82 Å². The summed E-state index contributed by atoms with van der Waals surface area (Å²) in [5.41, 5.74) is -0.187. The number of hydrogen-bond donors (Lipinski definition) is 0. The van der Waals surface area contributed by atoms with Crippen molar-refractivity contribution in [3.63, 3.8) is 0 Å². The van der Waals surface area contributed by atoms with Gasteiger partial charge in [0.05, 0.1) is 21.5 Å². The number of carbonyl (C=O) groups excluding carboxylic acids is 1. The molecular formula is C21H22F3N3O4S. The van der Waals surface area contributed by atoms with Crippen molar-refractivity contribution < 1.29 is 31.1 Å². The van der Waals surface area contributed by atoms with Gasteiger partial charge in [-0.25, -0.2) is 22.6 Å². The van der Waals surface area contributed by atoms with Gasteiger partial charge in [0.15, 0.2) is 11.9 Å². The fraction of sp³-hybridized carbons (Fsp3) is 0.333. The Labute approximate surface area is 183 Å². The van der Waals surface area contributed by atoms with Crippen molar-refractivity contribution in [1.29, 1.82) is 0 Å². The van der Waals surface area contributed by atoms with Crippen LogP contribution in [0.25, 0.3) is 11.0 Å². The second kappa shape index (κ2) is 9.29. The number of hydrogen-bond acceptors (Lipinski definition) is 5. The highest BCUT2D eigenvalue weighted by atomic mass is 32.2. The number of rotatable bonds is 8. The molecule has 3 aromatic rings. The Bertz CT molecular complexity index is 1240. The molecule has 7 nitrogen and oxygen atoms in total. The molecule has 0 radical (unpaired) electrons. The van der Waals surface area contributed by atoms with Gasteiger partial charge in [-0.2, -0.15) is 13.1 Å². The number of ether oxygens (including phenoxy) is 1. The fourth-order valence-corrected chi connectivity index (χ4v) is 4.85. The maximum Gasteiger partial charge on any atom is 0.341 e. The molecule has 0 saturated heterocycles. The summed E-state index contributed by atoms with van der Waals surface area (Å²) in [6.45, 7) is 2.06. The van der Waals surface area contributed by atoms with Gasteiger partial charge in [0.2, 0.25) is 10.0 Å². The minimum atomic E-state index is -3.95. The zero-order chi connectivity index (χ0) is 23.6. The van der Waals surface area contributed by atoms with Gasteiger partial charge in [0.25, 0.3) is 0 Å². The van der Waals surface area contributed by atoms with Gasteiger partial charge in [0, 0.05) is 13.1 Å². The van der Waals surface area contributed by atoms with E-state index in [1.807, 2.05) is 0 Å². The zero-order valence-corrected chi connectivity index (χ0v) is 18.4. The summed E-state index contributed by atoms with van der Waals surface area (Å²) in [6.07, 6.45) is -1.26. The van der Waals surface area contributed by atoms with Crippen molar-refractivity contribution >= 4 is 27.0 Å². The van der Waals surface area contributed by atoms with Crippen molar-refractivity contribution in [1.82, 2.24) is 13.9 Å². The van der Waals surface area contributed by atoms with E-state index < -0.39 is 40.0 Å². The average Bonchev–Trinajstić information content (AvgIpc) is 3.14. The second-order valence-electron chi connectivity index (χ2n) is 6.88. The lowest BCUT2D eigenvalue weighted by atomic mass is 10.2. The molecule has 0 N–H and O–H groups in total. The molecule has 0 aliphatic rings. The molecule has 0 aliphatic heterocycles. The lowest BCUT2D eigenvalue weighted by Crippen LogP contribution is -2.30. The van der Waals surface area contributed by atoms with E-state index in [0.717, 1.165) is 22.5 Å². The Kier molecular flexibility index (Phi) is 6.89. The van der Waals surface area contributed by atoms with Gasteiger partial charge in [-0.05, 0) is 37.3 Å². The van der Waals surface area contributed by atoms with Crippen LogP contribution in [0.2, 0.25) is 0 Å². The first-order chi connectivity index (χ1) is 15.1. The third kappa shape index (κ3) is 4.35. The molecule has 11 heteroatoms. The highest BCUT2D eigenvalue weighted by molar-refractivity contribution is 7.89. The SMILES string of the molecule is CCN(CC)S(=O)(=O)c1ccc(F)c(C(=O)OC(C)c2nc3ccccc3n2C(F)F)c1. The Morgan fingerprint density at radius 1 is 1.16 bits per heavy atom. The molecule has 0 bridgehead atoms. The Hall–Kier alpha value is -2.92. The van der Waals surface area contributed by atoms with Crippen LogP contribution < -0.4 is 0 Å².